The van der Waals surface area contributed by atoms with Gasteiger partial charge in [0.05, 0.1) is 11.1 Å². The number of nitro benzene ring substituents is 1. The number of hydrazone groups is 1. The van der Waals surface area contributed by atoms with Crippen molar-refractivity contribution in [2.75, 3.05) is 0 Å². The number of hydrogen-bond acceptors (Lipinski definition) is 6. The summed E-state index contributed by atoms with van der Waals surface area (Å²) in [5, 5.41) is 32.9. The molecule has 22 heavy (non-hydrogen) atoms. The van der Waals surface area contributed by atoms with Crippen LogP contribution in [0, 0.1) is 10.1 Å². The molecule has 112 valence electrons. The van der Waals surface area contributed by atoms with Gasteiger partial charge in [0.2, 0.25) is 0 Å². The summed E-state index contributed by atoms with van der Waals surface area (Å²) in [7, 11) is 0. The van der Waals surface area contributed by atoms with E-state index in [1.807, 2.05) is 0 Å². The molecule has 0 fully saturated rings. The third-order valence-electron chi connectivity index (χ3n) is 2.68. The summed E-state index contributed by atoms with van der Waals surface area (Å²) in [5.74, 6) is -1.04. The number of nitrogens with zero attached hydrogens (tertiary/aromatic N) is 2. The van der Waals surface area contributed by atoms with Crippen LogP contribution in [0.2, 0.25) is 0 Å². The quantitative estimate of drug-likeness (QED) is 0.451. The highest BCUT2D eigenvalue weighted by atomic mass is 16.6. The molecule has 2 rings (SSSR count). The standard InChI is InChI=1S/C14H11N3O5/c18-11-3-1-2-10(7-11)14(20)16-15-8-9-4-5-13(19)12(6-9)17(21)22/h1-8,18-19H,(H,16,20)/b15-8+. The molecule has 0 spiro atoms. The summed E-state index contributed by atoms with van der Waals surface area (Å²) in [6.07, 6.45) is 1.20. The third-order valence-corrected chi connectivity index (χ3v) is 2.68. The number of rotatable bonds is 4. The Labute approximate surface area is 124 Å². The number of benzene rings is 2. The Hall–Kier alpha value is -3.42. The Bertz CT molecular complexity index is 758. The summed E-state index contributed by atoms with van der Waals surface area (Å²) >= 11 is 0. The van der Waals surface area contributed by atoms with Crippen molar-refractivity contribution in [2.24, 2.45) is 5.10 Å². The number of carbonyl (C=O) groups is 1. The number of carbonyl (C=O) groups excluding carboxylic acids is 1. The molecule has 0 aromatic heterocycles. The molecule has 0 aliphatic heterocycles. The molecule has 0 bridgehead atoms. The van der Waals surface area contributed by atoms with Crippen LogP contribution in [0.3, 0.4) is 0 Å². The molecule has 8 heteroatoms. The van der Waals surface area contributed by atoms with Crippen LogP contribution in [0.5, 0.6) is 11.5 Å². The first-order chi connectivity index (χ1) is 10.5. The van der Waals surface area contributed by atoms with Gasteiger partial charge in [-0.15, -0.1) is 0 Å². The second-order valence-electron chi connectivity index (χ2n) is 4.25. The molecule has 8 nitrogen and oxygen atoms in total. The number of hydrogen-bond donors (Lipinski definition) is 3. The first-order valence-electron chi connectivity index (χ1n) is 6.07. The third kappa shape index (κ3) is 3.57. The molecule has 0 radical (unpaired) electrons. The Balaban J connectivity index is 2.08. The summed E-state index contributed by atoms with van der Waals surface area (Å²) in [6.45, 7) is 0. The van der Waals surface area contributed by atoms with Crippen LogP contribution in [0.4, 0.5) is 5.69 Å². The van der Waals surface area contributed by atoms with Gasteiger partial charge in [-0.1, -0.05) is 6.07 Å². The van der Waals surface area contributed by atoms with Crippen LogP contribution in [-0.2, 0) is 0 Å². The van der Waals surface area contributed by atoms with Crippen molar-refractivity contribution in [3.05, 3.63) is 63.7 Å². The summed E-state index contributed by atoms with van der Waals surface area (Å²) in [5.41, 5.74) is 2.32. The van der Waals surface area contributed by atoms with E-state index in [9.17, 15) is 25.1 Å². The molecule has 2 aromatic carbocycles. The van der Waals surface area contributed by atoms with Gasteiger partial charge in [-0.2, -0.15) is 5.10 Å². The van der Waals surface area contributed by atoms with Crippen molar-refractivity contribution >= 4 is 17.8 Å². The van der Waals surface area contributed by atoms with Gasteiger partial charge in [-0.05, 0) is 30.3 Å². The highest BCUT2D eigenvalue weighted by molar-refractivity contribution is 5.95. The number of phenols is 2. The molecule has 0 saturated carbocycles. The minimum absolute atomic E-state index is 0.0502. The number of aromatic hydroxyl groups is 2. The molecule has 0 saturated heterocycles. The van der Waals surface area contributed by atoms with Crippen LogP contribution in [-0.4, -0.2) is 27.3 Å². The molecule has 0 heterocycles. The Morgan fingerprint density at radius 2 is 2.00 bits per heavy atom. The van der Waals surface area contributed by atoms with Gasteiger partial charge in [0, 0.05) is 17.2 Å². The van der Waals surface area contributed by atoms with Crippen LogP contribution in [0.25, 0.3) is 0 Å². The molecule has 3 N–H and O–H groups in total. The molecule has 0 aliphatic carbocycles. The minimum atomic E-state index is -0.724. The lowest BCUT2D eigenvalue weighted by Gasteiger charge is -2.00. The fraction of sp³-hybridized carbons (Fsp3) is 0. The Morgan fingerprint density at radius 3 is 2.68 bits per heavy atom. The van der Waals surface area contributed by atoms with Crippen molar-refractivity contribution in [3.8, 4) is 11.5 Å². The van der Waals surface area contributed by atoms with Crippen molar-refractivity contribution in [2.45, 2.75) is 0 Å². The molecule has 0 unspecified atom stereocenters. The van der Waals surface area contributed by atoms with Gasteiger partial charge in [-0.3, -0.25) is 14.9 Å². The van der Waals surface area contributed by atoms with Crippen LogP contribution < -0.4 is 5.43 Å². The molecule has 1 amide bonds. The van der Waals surface area contributed by atoms with E-state index in [0.29, 0.717) is 5.56 Å². The summed E-state index contributed by atoms with van der Waals surface area (Å²) in [4.78, 5) is 21.7. The average Bonchev–Trinajstić information content (AvgIpc) is 2.48. The first-order valence-corrected chi connectivity index (χ1v) is 6.07. The zero-order valence-electron chi connectivity index (χ0n) is 11.1. The Kier molecular flexibility index (Phi) is 4.33. The molecule has 2 aromatic rings. The maximum Gasteiger partial charge on any atom is 0.311 e. The molecule has 0 atom stereocenters. The van der Waals surface area contributed by atoms with Gasteiger partial charge >= 0.3 is 5.69 Å². The maximum absolute atomic E-state index is 11.7. The van der Waals surface area contributed by atoms with Crippen molar-refractivity contribution in [1.29, 1.82) is 0 Å². The highest BCUT2D eigenvalue weighted by Crippen LogP contribution is 2.25. The zero-order valence-corrected chi connectivity index (χ0v) is 11.1. The SMILES string of the molecule is O=C(N/N=C/c1ccc(O)c([N+](=O)[O-])c1)c1cccc(O)c1. The second-order valence-corrected chi connectivity index (χ2v) is 4.25. The van der Waals surface area contributed by atoms with Crippen LogP contribution in [0.15, 0.2) is 47.6 Å². The fourth-order valence-electron chi connectivity index (χ4n) is 1.64. The van der Waals surface area contributed by atoms with E-state index in [-0.39, 0.29) is 11.3 Å². The summed E-state index contributed by atoms with van der Waals surface area (Å²) in [6, 6.07) is 9.40. The number of amides is 1. The lowest BCUT2D eigenvalue weighted by Crippen LogP contribution is -2.17. The second kappa shape index (κ2) is 6.35. The van der Waals surface area contributed by atoms with Crippen LogP contribution >= 0.6 is 0 Å². The number of nitro groups is 1. The van der Waals surface area contributed by atoms with E-state index in [4.69, 9.17) is 0 Å². The van der Waals surface area contributed by atoms with Crippen LogP contribution in [0.1, 0.15) is 15.9 Å². The number of nitrogens with one attached hydrogen (secondary N) is 1. The largest absolute Gasteiger partial charge is 0.508 e. The van der Waals surface area contributed by atoms with Gasteiger partial charge in [0.15, 0.2) is 5.75 Å². The van der Waals surface area contributed by atoms with E-state index < -0.39 is 22.3 Å². The normalized spacial score (nSPS) is 10.5. The predicted octanol–water partition coefficient (Wildman–Crippen LogP) is 1.77. The fourth-order valence-corrected chi connectivity index (χ4v) is 1.64. The lowest BCUT2D eigenvalue weighted by molar-refractivity contribution is -0.385. The van der Waals surface area contributed by atoms with Gasteiger partial charge in [0.25, 0.3) is 5.91 Å². The van der Waals surface area contributed by atoms with Gasteiger partial charge < -0.3 is 10.2 Å². The topological polar surface area (TPSA) is 125 Å². The van der Waals surface area contributed by atoms with Crippen molar-refractivity contribution in [3.63, 3.8) is 0 Å². The molecular weight excluding hydrogens is 290 g/mol. The van der Waals surface area contributed by atoms with E-state index in [0.717, 1.165) is 12.1 Å². The van der Waals surface area contributed by atoms with Gasteiger partial charge in [-0.25, -0.2) is 5.43 Å². The Morgan fingerprint density at radius 1 is 1.23 bits per heavy atom. The van der Waals surface area contributed by atoms with E-state index in [2.05, 4.69) is 10.5 Å². The summed E-state index contributed by atoms with van der Waals surface area (Å²) < 4.78 is 0. The highest BCUT2D eigenvalue weighted by Gasteiger charge is 2.12. The maximum atomic E-state index is 11.7. The minimum Gasteiger partial charge on any atom is -0.508 e. The molecular formula is C14H11N3O5. The van der Waals surface area contributed by atoms with Crippen molar-refractivity contribution in [1.82, 2.24) is 5.43 Å². The van der Waals surface area contributed by atoms with Crippen molar-refractivity contribution < 1.29 is 19.9 Å². The van der Waals surface area contributed by atoms with E-state index >= 15 is 0 Å². The van der Waals surface area contributed by atoms with E-state index in [1.165, 1.54) is 36.5 Å². The molecule has 0 aliphatic rings. The predicted molar refractivity (Wildman–Crippen MR) is 77.9 cm³/mol. The van der Waals surface area contributed by atoms with Gasteiger partial charge in [0.1, 0.15) is 5.75 Å². The lowest BCUT2D eigenvalue weighted by atomic mass is 10.2. The zero-order chi connectivity index (χ0) is 16.1. The first kappa shape index (κ1) is 15.0. The smallest absolute Gasteiger partial charge is 0.311 e. The monoisotopic (exact) mass is 301 g/mol. The average molecular weight is 301 g/mol. The van der Waals surface area contributed by atoms with E-state index in [1.54, 1.807) is 0 Å². The number of phenolic OH excluding ortho intramolecular Hbond substituents is 2.